The van der Waals surface area contributed by atoms with E-state index in [1.165, 1.54) is 0 Å². The number of sulfonamides is 1. The Morgan fingerprint density at radius 3 is 2.62 bits per heavy atom. The first-order chi connectivity index (χ1) is 7.40. The number of nitrogens with one attached hydrogen (secondary N) is 1. The van der Waals surface area contributed by atoms with E-state index in [1.54, 1.807) is 0 Å². The van der Waals surface area contributed by atoms with Gasteiger partial charge in [0.2, 0.25) is 10.0 Å². The van der Waals surface area contributed by atoms with Crippen LogP contribution < -0.4 is 10.5 Å². The number of hydrogen-bond acceptors (Lipinski definition) is 3. The number of nitrogens with two attached hydrogens (primary N) is 1. The molecule has 0 radical (unpaired) electrons. The second kappa shape index (κ2) is 3.96. The van der Waals surface area contributed by atoms with Crippen molar-refractivity contribution in [2.75, 3.05) is 0 Å². The Kier molecular flexibility index (Phi) is 2.91. The van der Waals surface area contributed by atoms with Gasteiger partial charge in [-0.1, -0.05) is 11.6 Å². The summed E-state index contributed by atoms with van der Waals surface area (Å²) in [7, 11) is -3.71. The number of hydrogen-bond donors (Lipinski definition) is 2. The number of benzene rings is 1. The maximum Gasteiger partial charge on any atom is 0.242 e. The van der Waals surface area contributed by atoms with E-state index in [0.717, 1.165) is 18.2 Å². The van der Waals surface area contributed by atoms with Crippen LogP contribution in [0.3, 0.4) is 0 Å². The maximum absolute atomic E-state index is 12.8. The predicted octanol–water partition coefficient (Wildman–Crippen LogP) is 0.857. The van der Waals surface area contributed by atoms with Crippen molar-refractivity contribution in [3.63, 3.8) is 0 Å². The molecule has 0 aromatic heterocycles. The molecular weight excluding hydrogens is 255 g/mol. The molecule has 1 saturated carbocycles. The lowest BCUT2D eigenvalue weighted by Crippen LogP contribution is -2.30. The highest BCUT2D eigenvalue weighted by atomic mass is 35.5. The van der Waals surface area contributed by atoms with Crippen molar-refractivity contribution >= 4 is 21.6 Å². The van der Waals surface area contributed by atoms with Crippen molar-refractivity contribution in [1.82, 2.24) is 4.72 Å². The SMILES string of the molecule is NC1CC1NS(=O)(=O)c1ccc(F)cc1Cl. The summed E-state index contributed by atoms with van der Waals surface area (Å²) < 4.78 is 38.7. The van der Waals surface area contributed by atoms with Crippen LogP contribution in [0, 0.1) is 5.82 Å². The molecule has 0 bridgehead atoms. The molecule has 16 heavy (non-hydrogen) atoms. The highest BCUT2D eigenvalue weighted by molar-refractivity contribution is 7.89. The summed E-state index contributed by atoms with van der Waals surface area (Å²) in [4.78, 5) is -0.130. The molecule has 7 heteroatoms. The summed E-state index contributed by atoms with van der Waals surface area (Å²) in [5, 5.41) is -0.137. The van der Waals surface area contributed by atoms with Gasteiger partial charge in [-0.2, -0.15) is 0 Å². The van der Waals surface area contributed by atoms with Gasteiger partial charge in [0.25, 0.3) is 0 Å². The van der Waals surface area contributed by atoms with E-state index in [9.17, 15) is 12.8 Å². The van der Waals surface area contributed by atoms with Crippen molar-refractivity contribution in [1.29, 1.82) is 0 Å². The lowest BCUT2D eigenvalue weighted by molar-refractivity contribution is 0.579. The van der Waals surface area contributed by atoms with Gasteiger partial charge in [-0.3, -0.25) is 0 Å². The van der Waals surface area contributed by atoms with E-state index in [4.69, 9.17) is 17.3 Å². The van der Waals surface area contributed by atoms with Crippen LogP contribution in [-0.4, -0.2) is 20.5 Å². The van der Waals surface area contributed by atoms with Crippen molar-refractivity contribution in [3.8, 4) is 0 Å². The van der Waals surface area contributed by atoms with Crippen LogP contribution in [0.4, 0.5) is 4.39 Å². The van der Waals surface area contributed by atoms with Gasteiger partial charge >= 0.3 is 0 Å². The van der Waals surface area contributed by atoms with Gasteiger partial charge in [0.1, 0.15) is 10.7 Å². The quantitative estimate of drug-likeness (QED) is 0.850. The lowest BCUT2D eigenvalue weighted by Gasteiger charge is -2.07. The van der Waals surface area contributed by atoms with Gasteiger partial charge < -0.3 is 5.73 Å². The smallest absolute Gasteiger partial charge is 0.242 e. The monoisotopic (exact) mass is 264 g/mol. The van der Waals surface area contributed by atoms with Crippen molar-refractivity contribution in [2.24, 2.45) is 5.73 Å². The molecular formula is C9H10ClFN2O2S. The van der Waals surface area contributed by atoms with Crippen molar-refractivity contribution in [3.05, 3.63) is 29.0 Å². The van der Waals surface area contributed by atoms with Gasteiger partial charge in [-0.15, -0.1) is 0 Å². The normalized spacial score (nSPS) is 24.4. The molecule has 88 valence electrons. The van der Waals surface area contributed by atoms with Crippen LogP contribution >= 0.6 is 11.6 Å². The summed E-state index contributed by atoms with van der Waals surface area (Å²) in [6.45, 7) is 0. The summed E-state index contributed by atoms with van der Waals surface area (Å²) in [5.41, 5.74) is 5.49. The average molecular weight is 265 g/mol. The molecule has 2 atom stereocenters. The zero-order valence-electron chi connectivity index (χ0n) is 8.15. The van der Waals surface area contributed by atoms with Gasteiger partial charge in [0.05, 0.1) is 5.02 Å². The summed E-state index contributed by atoms with van der Waals surface area (Å²) in [5.74, 6) is -0.577. The first-order valence-corrected chi connectivity index (χ1v) is 6.49. The molecule has 1 aliphatic carbocycles. The fourth-order valence-electron chi connectivity index (χ4n) is 1.31. The zero-order chi connectivity index (χ0) is 11.9. The Morgan fingerprint density at radius 2 is 2.12 bits per heavy atom. The Labute approximate surface area is 97.6 Å². The average Bonchev–Trinajstić information content (AvgIpc) is 2.79. The molecule has 2 rings (SSSR count). The van der Waals surface area contributed by atoms with Crippen LogP contribution in [0.5, 0.6) is 0 Å². The van der Waals surface area contributed by atoms with Crippen LogP contribution in [0.2, 0.25) is 5.02 Å². The molecule has 0 amide bonds. The number of rotatable bonds is 3. The Bertz CT molecular complexity index is 520. The molecule has 1 aliphatic rings. The van der Waals surface area contributed by atoms with E-state index < -0.39 is 15.8 Å². The first kappa shape index (κ1) is 11.8. The van der Waals surface area contributed by atoms with E-state index in [2.05, 4.69) is 4.72 Å². The minimum Gasteiger partial charge on any atom is -0.326 e. The molecule has 1 fully saturated rings. The molecule has 1 aromatic carbocycles. The van der Waals surface area contributed by atoms with Gasteiger partial charge in [-0.25, -0.2) is 17.5 Å². The third-order valence-electron chi connectivity index (χ3n) is 2.33. The van der Waals surface area contributed by atoms with E-state index in [1.807, 2.05) is 0 Å². The molecule has 0 spiro atoms. The topological polar surface area (TPSA) is 72.2 Å². The third kappa shape index (κ3) is 2.35. The number of halogens is 2. The molecule has 3 N–H and O–H groups in total. The Balaban J connectivity index is 2.28. The zero-order valence-corrected chi connectivity index (χ0v) is 9.72. The summed E-state index contributed by atoms with van der Waals surface area (Å²) >= 11 is 5.66. The fourth-order valence-corrected chi connectivity index (χ4v) is 3.14. The second-order valence-electron chi connectivity index (χ2n) is 3.70. The molecule has 1 aromatic rings. The van der Waals surface area contributed by atoms with Crippen LogP contribution in [0.25, 0.3) is 0 Å². The highest BCUT2D eigenvalue weighted by Crippen LogP contribution is 2.25. The van der Waals surface area contributed by atoms with E-state index in [0.29, 0.717) is 6.42 Å². The van der Waals surface area contributed by atoms with Crippen molar-refractivity contribution < 1.29 is 12.8 Å². The molecule has 0 aliphatic heterocycles. The summed E-state index contributed by atoms with van der Waals surface area (Å²) in [6.07, 6.45) is 0.609. The van der Waals surface area contributed by atoms with Gasteiger partial charge in [0.15, 0.2) is 0 Å². The molecule has 4 nitrogen and oxygen atoms in total. The molecule has 2 unspecified atom stereocenters. The van der Waals surface area contributed by atoms with E-state index in [-0.39, 0.29) is 22.0 Å². The minimum atomic E-state index is -3.71. The predicted molar refractivity (Wildman–Crippen MR) is 58.1 cm³/mol. The molecule has 0 heterocycles. The van der Waals surface area contributed by atoms with Crippen LogP contribution in [-0.2, 0) is 10.0 Å². The first-order valence-electron chi connectivity index (χ1n) is 4.63. The van der Waals surface area contributed by atoms with E-state index >= 15 is 0 Å². The highest BCUT2D eigenvalue weighted by Gasteiger charge is 2.37. The Morgan fingerprint density at radius 1 is 1.50 bits per heavy atom. The standard InChI is InChI=1S/C9H10ClFN2O2S/c10-6-3-5(11)1-2-9(6)16(14,15)13-8-4-7(8)12/h1-3,7-8,13H,4,12H2. The van der Waals surface area contributed by atoms with Crippen LogP contribution in [0.1, 0.15) is 6.42 Å². The van der Waals surface area contributed by atoms with Gasteiger partial charge in [0, 0.05) is 12.1 Å². The van der Waals surface area contributed by atoms with Crippen molar-refractivity contribution in [2.45, 2.75) is 23.4 Å². The second-order valence-corrected chi connectivity index (χ2v) is 5.79. The molecule has 0 saturated heterocycles. The maximum atomic E-state index is 12.8. The lowest BCUT2D eigenvalue weighted by atomic mass is 10.3. The third-order valence-corrected chi connectivity index (χ3v) is 4.30. The minimum absolute atomic E-state index is 0.130. The van der Waals surface area contributed by atoms with Crippen LogP contribution in [0.15, 0.2) is 23.1 Å². The summed E-state index contributed by atoms with van der Waals surface area (Å²) in [6, 6.07) is 2.75. The van der Waals surface area contributed by atoms with Gasteiger partial charge in [-0.05, 0) is 24.6 Å². The fraction of sp³-hybridized carbons (Fsp3) is 0.333. The Hall–Kier alpha value is -0.690. The largest absolute Gasteiger partial charge is 0.326 e.